The molecule has 4 aromatic rings. The minimum absolute atomic E-state index is 0.432. The maximum absolute atomic E-state index is 5.87. The lowest BCUT2D eigenvalue weighted by Crippen LogP contribution is -1.90. The van der Waals surface area contributed by atoms with E-state index in [0.29, 0.717) is 22.8 Å². The number of nitrogen functional groups attached to an aromatic ring is 1. The maximum Gasteiger partial charge on any atom is 0.300 e. The lowest BCUT2D eigenvalue weighted by Gasteiger charge is -2.00. The highest BCUT2D eigenvalue weighted by Crippen LogP contribution is 2.27. The van der Waals surface area contributed by atoms with Gasteiger partial charge in [-0.25, -0.2) is 4.98 Å². The van der Waals surface area contributed by atoms with Crippen LogP contribution < -0.4 is 11.1 Å². The smallest absolute Gasteiger partial charge is 0.300 e. The molecule has 0 atom stereocenters. The van der Waals surface area contributed by atoms with Crippen molar-refractivity contribution in [2.24, 2.45) is 0 Å². The van der Waals surface area contributed by atoms with Crippen LogP contribution in [0.25, 0.3) is 21.3 Å². The lowest BCUT2D eigenvalue weighted by molar-refractivity contribution is 0.623. The van der Waals surface area contributed by atoms with Crippen LogP contribution in [0.1, 0.15) is 0 Å². The van der Waals surface area contributed by atoms with Crippen LogP contribution in [-0.4, -0.2) is 9.97 Å². The van der Waals surface area contributed by atoms with Gasteiger partial charge in [-0.05, 0) is 30.3 Å². The molecule has 0 aliphatic rings. The third kappa shape index (κ3) is 1.78. The fourth-order valence-corrected chi connectivity index (χ4v) is 2.80. The summed E-state index contributed by atoms with van der Waals surface area (Å²) in [6, 6.07) is 11.8. The van der Waals surface area contributed by atoms with Crippen LogP contribution in [0.2, 0.25) is 0 Å². The second-order valence-corrected chi connectivity index (χ2v) is 5.26. The number of benzene rings is 2. The molecule has 0 spiro atoms. The molecule has 0 bridgehead atoms. The largest absolute Gasteiger partial charge is 0.423 e. The highest BCUT2D eigenvalue weighted by atomic mass is 32.1. The van der Waals surface area contributed by atoms with Crippen molar-refractivity contribution < 1.29 is 4.42 Å². The van der Waals surface area contributed by atoms with E-state index in [-0.39, 0.29) is 0 Å². The van der Waals surface area contributed by atoms with Crippen molar-refractivity contribution in [3.63, 3.8) is 0 Å². The zero-order chi connectivity index (χ0) is 13.5. The number of hydrogen-bond donors (Lipinski definition) is 2. The normalized spacial score (nSPS) is 11.2. The molecule has 4 rings (SSSR count). The van der Waals surface area contributed by atoms with E-state index in [2.05, 4.69) is 15.3 Å². The van der Waals surface area contributed by atoms with Gasteiger partial charge in [0.2, 0.25) is 0 Å². The quantitative estimate of drug-likeness (QED) is 0.547. The molecular weight excluding hydrogens is 272 g/mol. The molecule has 2 heterocycles. The number of oxazole rings is 1. The molecule has 0 saturated heterocycles. The van der Waals surface area contributed by atoms with Gasteiger partial charge in [0.05, 0.1) is 21.4 Å². The third-order valence-corrected chi connectivity index (χ3v) is 3.82. The Morgan fingerprint density at radius 1 is 1.20 bits per heavy atom. The molecule has 6 heteroatoms. The summed E-state index contributed by atoms with van der Waals surface area (Å²) in [6.07, 6.45) is 0. The zero-order valence-corrected chi connectivity index (χ0v) is 11.1. The highest BCUT2D eigenvalue weighted by Gasteiger charge is 2.08. The summed E-state index contributed by atoms with van der Waals surface area (Å²) in [5.74, 6) is 0. The van der Waals surface area contributed by atoms with E-state index < -0.39 is 0 Å². The number of thiazole rings is 1. The van der Waals surface area contributed by atoms with Gasteiger partial charge in [0.25, 0.3) is 6.01 Å². The topological polar surface area (TPSA) is 77.0 Å². The predicted molar refractivity (Wildman–Crippen MR) is 81.3 cm³/mol. The summed E-state index contributed by atoms with van der Waals surface area (Å²) in [7, 11) is 0. The molecule has 0 fully saturated rings. The van der Waals surface area contributed by atoms with Crippen molar-refractivity contribution >= 4 is 50.0 Å². The number of hydrogen-bond acceptors (Lipinski definition) is 6. The molecule has 0 saturated carbocycles. The number of nitrogens with zero attached hydrogens (tertiary/aromatic N) is 2. The van der Waals surface area contributed by atoms with Gasteiger partial charge in [-0.2, -0.15) is 4.98 Å². The second-order valence-electron chi connectivity index (χ2n) is 4.37. The minimum Gasteiger partial charge on any atom is -0.423 e. The van der Waals surface area contributed by atoms with Crippen molar-refractivity contribution in [1.29, 1.82) is 0 Å². The van der Waals surface area contributed by atoms with Gasteiger partial charge < -0.3 is 15.5 Å². The van der Waals surface area contributed by atoms with Crippen molar-refractivity contribution in [3.05, 3.63) is 41.9 Å². The Balaban J connectivity index is 1.74. The van der Waals surface area contributed by atoms with Crippen LogP contribution in [-0.2, 0) is 0 Å². The number of rotatable bonds is 2. The Kier molecular flexibility index (Phi) is 2.37. The number of para-hydroxylation sites is 1. The first-order chi connectivity index (χ1) is 9.79. The first kappa shape index (κ1) is 11.2. The summed E-state index contributed by atoms with van der Waals surface area (Å²) >= 11 is 1.60. The van der Waals surface area contributed by atoms with Crippen molar-refractivity contribution in [3.8, 4) is 0 Å². The summed E-state index contributed by atoms with van der Waals surface area (Å²) < 4.78 is 6.75. The maximum atomic E-state index is 5.87. The molecule has 0 amide bonds. The number of fused-ring (bicyclic) bond motifs is 2. The fraction of sp³-hybridized carbons (Fsp3) is 0. The molecule has 2 aromatic heterocycles. The van der Waals surface area contributed by atoms with Gasteiger partial charge in [-0.15, -0.1) is 11.3 Å². The van der Waals surface area contributed by atoms with Gasteiger partial charge in [0.15, 0.2) is 5.58 Å². The number of anilines is 3. The average molecular weight is 282 g/mol. The molecule has 0 aliphatic carbocycles. The Morgan fingerprint density at radius 3 is 3.05 bits per heavy atom. The molecule has 2 aromatic carbocycles. The van der Waals surface area contributed by atoms with Crippen molar-refractivity contribution in [1.82, 2.24) is 9.97 Å². The van der Waals surface area contributed by atoms with Gasteiger partial charge >= 0.3 is 0 Å². The molecule has 3 N–H and O–H groups in total. The van der Waals surface area contributed by atoms with E-state index >= 15 is 0 Å². The lowest BCUT2D eigenvalue weighted by atomic mass is 10.3. The van der Waals surface area contributed by atoms with E-state index in [0.717, 1.165) is 15.9 Å². The molecule has 98 valence electrons. The minimum atomic E-state index is 0.432. The Bertz CT molecular complexity index is 912. The number of aromatic nitrogens is 2. The highest BCUT2D eigenvalue weighted by molar-refractivity contribution is 7.16. The molecule has 0 aliphatic heterocycles. The molecule has 0 radical (unpaired) electrons. The van der Waals surface area contributed by atoms with E-state index in [1.54, 1.807) is 17.4 Å². The summed E-state index contributed by atoms with van der Waals surface area (Å²) in [5.41, 5.74) is 11.5. The summed E-state index contributed by atoms with van der Waals surface area (Å²) in [5, 5.41) is 3.15. The fourth-order valence-electron chi connectivity index (χ4n) is 2.08. The zero-order valence-electron chi connectivity index (χ0n) is 10.3. The number of nitrogens with one attached hydrogen (secondary N) is 1. The van der Waals surface area contributed by atoms with Gasteiger partial charge in [-0.3, -0.25) is 0 Å². The van der Waals surface area contributed by atoms with E-state index in [1.165, 1.54) is 0 Å². The predicted octanol–water partition coefficient (Wildman–Crippen LogP) is 3.76. The Labute approximate surface area is 118 Å². The third-order valence-electron chi connectivity index (χ3n) is 3.03. The van der Waals surface area contributed by atoms with Crippen molar-refractivity contribution in [2.75, 3.05) is 11.1 Å². The molecule has 0 unspecified atom stereocenters. The van der Waals surface area contributed by atoms with Crippen LogP contribution >= 0.6 is 11.3 Å². The monoisotopic (exact) mass is 282 g/mol. The summed E-state index contributed by atoms with van der Waals surface area (Å²) in [6.45, 7) is 0. The van der Waals surface area contributed by atoms with E-state index in [9.17, 15) is 0 Å². The van der Waals surface area contributed by atoms with Gasteiger partial charge in [-0.1, -0.05) is 6.07 Å². The average Bonchev–Trinajstić information content (AvgIpc) is 3.05. The SMILES string of the molecule is Nc1cccc2oc(Nc3ccc4ncsc4c3)nc12. The second kappa shape index (κ2) is 4.21. The first-order valence-electron chi connectivity index (χ1n) is 6.05. The van der Waals surface area contributed by atoms with Crippen LogP contribution in [0.15, 0.2) is 46.3 Å². The molecular formula is C14H10N4OS. The van der Waals surface area contributed by atoms with Crippen LogP contribution in [0.4, 0.5) is 17.4 Å². The Morgan fingerprint density at radius 2 is 2.15 bits per heavy atom. The van der Waals surface area contributed by atoms with Gasteiger partial charge in [0, 0.05) is 5.69 Å². The Hall–Kier alpha value is -2.60. The van der Waals surface area contributed by atoms with Crippen LogP contribution in [0.3, 0.4) is 0 Å². The van der Waals surface area contributed by atoms with E-state index in [1.807, 2.05) is 35.8 Å². The standard InChI is InChI=1S/C14H10N4OS/c15-9-2-1-3-11-13(9)18-14(19-11)17-8-4-5-10-12(6-8)20-7-16-10/h1-7H,15H2,(H,17,18). The van der Waals surface area contributed by atoms with Crippen LogP contribution in [0, 0.1) is 0 Å². The summed E-state index contributed by atoms with van der Waals surface area (Å²) in [4.78, 5) is 8.61. The van der Waals surface area contributed by atoms with Crippen LogP contribution in [0.5, 0.6) is 0 Å². The van der Waals surface area contributed by atoms with Gasteiger partial charge in [0.1, 0.15) is 5.52 Å². The number of nitrogens with two attached hydrogens (primary N) is 1. The first-order valence-corrected chi connectivity index (χ1v) is 6.93. The molecule has 20 heavy (non-hydrogen) atoms. The van der Waals surface area contributed by atoms with Crippen molar-refractivity contribution in [2.45, 2.75) is 0 Å². The molecule has 5 nitrogen and oxygen atoms in total. The van der Waals surface area contributed by atoms with E-state index in [4.69, 9.17) is 10.2 Å².